The molecule has 1 aromatic rings. The van der Waals surface area contributed by atoms with Gasteiger partial charge in [0.05, 0.1) is 4.47 Å². The van der Waals surface area contributed by atoms with E-state index in [-0.39, 0.29) is 5.82 Å². The standard InChI is InChI=1S/C12H15BrFN/c1-2-15-12(8-3-4-8)9-5-6-10(13)11(14)7-9/h5-8,12,15H,2-4H2,1H3. The Kier molecular flexibility index (Phi) is 3.42. The summed E-state index contributed by atoms with van der Waals surface area (Å²) in [5.41, 5.74) is 1.07. The van der Waals surface area contributed by atoms with Crippen LogP contribution >= 0.6 is 15.9 Å². The van der Waals surface area contributed by atoms with Crippen LogP contribution in [0.3, 0.4) is 0 Å². The second kappa shape index (κ2) is 4.62. The smallest absolute Gasteiger partial charge is 0.137 e. The van der Waals surface area contributed by atoms with E-state index in [0.717, 1.165) is 12.1 Å². The van der Waals surface area contributed by atoms with Crippen LogP contribution in [0.2, 0.25) is 0 Å². The number of nitrogens with one attached hydrogen (secondary N) is 1. The average Bonchev–Trinajstić information content (AvgIpc) is 3.02. The van der Waals surface area contributed by atoms with Crippen LogP contribution in [0.15, 0.2) is 22.7 Å². The van der Waals surface area contributed by atoms with Crippen LogP contribution in [0.25, 0.3) is 0 Å². The van der Waals surface area contributed by atoms with Crippen molar-refractivity contribution in [2.45, 2.75) is 25.8 Å². The van der Waals surface area contributed by atoms with Crippen molar-refractivity contribution >= 4 is 15.9 Å². The first-order valence-corrected chi connectivity index (χ1v) is 6.20. The van der Waals surface area contributed by atoms with Gasteiger partial charge in [0.2, 0.25) is 0 Å². The molecule has 2 rings (SSSR count). The molecular formula is C12H15BrFN. The van der Waals surface area contributed by atoms with Crippen LogP contribution < -0.4 is 5.32 Å². The summed E-state index contributed by atoms with van der Waals surface area (Å²) < 4.78 is 13.9. The van der Waals surface area contributed by atoms with Crippen molar-refractivity contribution in [1.82, 2.24) is 5.32 Å². The highest BCUT2D eigenvalue weighted by Gasteiger charge is 2.31. The quantitative estimate of drug-likeness (QED) is 0.882. The Morgan fingerprint density at radius 3 is 2.80 bits per heavy atom. The zero-order chi connectivity index (χ0) is 10.8. The molecular weight excluding hydrogens is 257 g/mol. The minimum absolute atomic E-state index is 0.170. The molecule has 0 aliphatic heterocycles. The molecule has 0 amide bonds. The fourth-order valence-corrected chi connectivity index (χ4v) is 2.16. The van der Waals surface area contributed by atoms with E-state index in [1.807, 2.05) is 6.07 Å². The van der Waals surface area contributed by atoms with Crippen LogP contribution in [0.5, 0.6) is 0 Å². The zero-order valence-electron chi connectivity index (χ0n) is 8.76. The molecule has 3 heteroatoms. The second-order valence-corrected chi connectivity index (χ2v) is 4.90. The lowest BCUT2D eigenvalue weighted by atomic mass is 10.0. The highest BCUT2D eigenvalue weighted by Crippen LogP contribution is 2.41. The van der Waals surface area contributed by atoms with E-state index in [1.54, 1.807) is 12.1 Å². The molecule has 1 unspecified atom stereocenters. The zero-order valence-corrected chi connectivity index (χ0v) is 10.3. The average molecular weight is 272 g/mol. The number of benzene rings is 1. The van der Waals surface area contributed by atoms with Gasteiger partial charge in [0, 0.05) is 6.04 Å². The summed E-state index contributed by atoms with van der Waals surface area (Å²) >= 11 is 3.17. The molecule has 0 saturated heterocycles. The Morgan fingerprint density at radius 2 is 2.27 bits per heavy atom. The molecule has 0 heterocycles. The van der Waals surface area contributed by atoms with Crippen molar-refractivity contribution in [2.75, 3.05) is 6.54 Å². The third kappa shape index (κ3) is 2.58. The van der Waals surface area contributed by atoms with Gasteiger partial charge in [0.1, 0.15) is 5.82 Å². The largest absolute Gasteiger partial charge is 0.310 e. The first-order valence-electron chi connectivity index (χ1n) is 5.40. The lowest BCUT2D eigenvalue weighted by molar-refractivity contribution is 0.492. The van der Waals surface area contributed by atoms with Gasteiger partial charge in [-0.2, -0.15) is 0 Å². The fourth-order valence-electron chi connectivity index (χ4n) is 1.91. The molecule has 1 aliphatic carbocycles. The summed E-state index contributed by atoms with van der Waals surface area (Å²) in [5.74, 6) is 0.529. The van der Waals surface area contributed by atoms with E-state index in [2.05, 4.69) is 28.2 Å². The van der Waals surface area contributed by atoms with E-state index >= 15 is 0 Å². The normalized spacial score (nSPS) is 17.8. The van der Waals surface area contributed by atoms with Crippen LogP contribution in [0.4, 0.5) is 4.39 Å². The summed E-state index contributed by atoms with van der Waals surface area (Å²) in [6.07, 6.45) is 2.52. The lowest BCUT2D eigenvalue weighted by Crippen LogP contribution is -2.22. The Labute approximate surface area is 98.2 Å². The van der Waals surface area contributed by atoms with Gasteiger partial charge in [0.15, 0.2) is 0 Å². The van der Waals surface area contributed by atoms with Gasteiger partial charge in [0.25, 0.3) is 0 Å². The maximum atomic E-state index is 13.4. The molecule has 1 N–H and O–H groups in total. The first-order chi connectivity index (χ1) is 7.22. The van der Waals surface area contributed by atoms with Gasteiger partial charge < -0.3 is 5.32 Å². The summed E-state index contributed by atoms with van der Waals surface area (Å²) in [5, 5.41) is 3.43. The Morgan fingerprint density at radius 1 is 1.53 bits per heavy atom. The fraction of sp³-hybridized carbons (Fsp3) is 0.500. The van der Waals surface area contributed by atoms with Crippen LogP contribution in [-0.4, -0.2) is 6.54 Å². The van der Waals surface area contributed by atoms with Crippen LogP contribution in [-0.2, 0) is 0 Å². The van der Waals surface area contributed by atoms with Crippen molar-refractivity contribution < 1.29 is 4.39 Å². The Hall–Kier alpha value is -0.410. The first kappa shape index (κ1) is 11.1. The molecule has 1 atom stereocenters. The number of hydrogen-bond acceptors (Lipinski definition) is 1. The molecule has 15 heavy (non-hydrogen) atoms. The third-order valence-corrected chi connectivity index (χ3v) is 3.46. The second-order valence-electron chi connectivity index (χ2n) is 4.05. The lowest BCUT2D eigenvalue weighted by Gasteiger charge is -2.17. The molecule has 1 nitrogen and oxygen atoms in total. The van der Waals surface area contributed by atoms with Crippen molar-refractivity contribution in [3.05, 3.63) is 34.1 Å². The monoisotopic (exact) mass is 271 g/mol. The maximum Gasteiger partial charge on any atom is 0.137 e. The van der Waals surface area contributed by atoms with E-state index < -0.39 is 0 Å². The minimum Gasteiger partial charge on any atom is -0.310 e. The molecule has 0 spiro atoms. The number of halogens is 2. The van der Waals surface area contributed by atoms with Crippen LogP contribution in [0.1, 0.15) is 31.4 Å². The summed E-state index contributed by atoms with van der Waals surface area (Å²) in [6.45, 7) is 3.02. The van der Waals surface area contributed by atoms with Gasteiger partial charge in [-0.3, -0.25) is 0 Å². The molecule has 1 saturated carbocycles. The highest BCUT2D eigenvalue weighted by atomic mass is 79.9. The van der Waals surface area contributed by atoms with Gasteiger partial charge in [-0.1, -0.05) is 13.0 Å². The van der Waals surface area contributed by atoms with Gasteiger partial charge >= 0.3 is 0 Å². The van der Waals surface area contributed by atoms with Crippen molar-refractivity contribution in [3.63, 3.8) is 0 Å². The van der Waals surface area contributed by atoms with Gasteiger partial charge in [-0.15, -0.1) is 0 Å². The van der Waals surface area contributed by atoms with E-state index in [9.17, 15) is 4.39 Å². The SMILES string of the molecule is CCNC(c1ccc(Br)c(F)c1)C1CC1. The Balaban J connectivity index is 2.21. The number of hydrogen-bond donors (Lipinski definition) is 1. The maximum absolute atomic E-state index is 13.4. The topological polar surface area (TPSA) is 12.0 Å². The molecule has 1 fully saturated rings. The summed E-state index contributed by atoms with van der Waals surface area (Å²) in [4.78, 5) is 0. The summed E-state index contributed by atoms with van der Waals surface area (Å²) in [7, 11) is 0. The molecule has 1 aromatic carbocycles. The molecule has 0 aromatic heterocycles. The van der Waals surface area contributed by atoms with Crippen LogP contribution in [0, 0.1) is 11.7 Å². The predicted octanol–water partition coefficient (Wildman–Crippen LogP) is 3.65. The molecule has 0 bridgehead atoms. The van der Waals surface area contributed by atoms with Gasteiger partial charge in [-0.25, -0.2) is 4.39 Å². The van der Waals surface area contributed by atoms with Crippen molar-refractivity contribution in [1.29, 1.82) is 0 Å². The molecule has 82 valence electrons. The minimum atomic E-state index is -0.170. The highest BCUT2D eigenvalue weighted by molar-refractivity contribution is 9.10. The van der Waals surface area contributed by atoms with E-state index in [1.165, 1.54) is 12.8 Å². The molecule has 0 radical (unpaired) electrons. The van der Waals surface area contributed by atoms with Crippen molar-refractivity contribution in [3.8, 4) is 0 Å². The Bertz CT molecular complexity index is 349. The van der Waals surface area contributed by atoms with Crippen molar-refractivity contribution in [2.24, 2.45) is 5.92 Å². The predicted molar refractivity (Wildman–Crippen MR) is 63.2 cm³/mol. The third-order valence-electron chi connectivity index (χ3n) is 2.82. The summed E-state index contributed by atoms with van der Waals surface area (Å²) in [6, 6.07) is 5.75. The number of rotatable bonds is 4. The molecule has 1 aliphatic rings. The van der Waals surface area contributed by atoms with E-state index in [4.69, 9.17) is 0 Å². The van der Waals surface area contributed by atoms with E-state index in [0.29, 0.717) is 16.4 Å². The van der Waals surface area contributed by atoms with Gasteiger partial charge in [-0.05, 0) is 58.9 Å².